The molecular formula is C23H25N5O. The summed E-state index contributed by atoms with van der Waals surface area (Å²) in [6.45, 7) is 7.28. The molecule has 4 rings (SSSR count). The van der Waals surface area contributed by atoms with Gasteiger partial charge in [-0.25, -0.2) is 9.67 Å². The second-order valence-corrected chi connectivity index (χ2v) is 7.16. The molecule has 0 saturated carbocycles. The molecule has 0 radical (unpaired) electrons. The van der Waals surface area contributed by atoms with Crippen LogP contribution in [0.15, 0.2) is 54.7 Å². The van der Waals surface area contributed by atoms with Gasteiger partial charge in [0.25, 0.3) is 5.91 Å². The summed E-state index contributed by atoms with van der Waals surface area (Å²) in [6.07, 6.45) is 2.38. The zero-order valence-corrected chi connectivity index (χ0v) is 17.0. The Bertz CT molecular complexity index is 1150. The summed E-state index contributed by atoms with van der Waals surface area (Å²) in [7, 11) is 0. The van der Waals surface area contributed by atoms with Crippen LogP contribution in [0.4, 0.5) is 0 Å². The molecule has 0 aliphatic heterocycles. The van der Waals surface area contributed by atoms with E-state index in [0.29, 0.717) is 18.7 Å². The second kappa shape index (κ2) is 7.91. The van der Waals surface area contributed by atoms with Crippen LogP contribution in [0, 0.1) is 13.8 Å². The Labute approximate surface area is 170 Å². The maximum Gasteiger partial charge on any atom is 0.254 e. The highest BCUT2D eigenvalue weighted by Crippen LogP contribution is 2.17. The van der Waals surface area contributed by atoms with Crippen molar-refractivity contribution in [1.82, 2.24) is 24.6 Å². The Morgan fingerprint density at radius 2 is 1.83 bits per heavy atom. The van der Waals surface area contributed by atoms with Gasteiger partial charge in [0.15, 0.2) is 0 Å². The van der Waals surface area contributed by atoms with E-state index in [1.54, 1.807) is 6.20 Å². The van der Waals surface area contributed by atoms with Crippen molar-refractivity contribution in [2.45, 2.75) is 33.7 Å². The fraction of sp³-hybridized carbons (Fsp3) is 0.261. The van der Waals surface area contributed by atoms with Crippen molar-refractivity contribution in [3.05, 3.63) is 77.4 Å². The molecule has 0 aliphatic rings. The van der Waals surface area contributed by atoms with Crippen LogP contribution in [-0.2, 0) is 13.0 Å². The first kappa shape index (κ1) is 18.9. The van der Waals surface area contributed by atoms with E-state index in [9.17, 15) is 4.79 Å². The molecule has 1 amide bonds. The lowest BCUT2D eigenvalue weighted by atomic mass is 10.1. The summed E-state index contributed by atoms with van der Waals surface area (Å²) in [5.74, 6) is 0.851. The molecule has 4 aromatic rings. The van der Waals surface area contributed by atoms with Gasteiger partial charge in [-0.3, -0.25) is 4.79 Å². The van der Waals surface area contributed by atoms with E-state index in [0.717, 1.165) is 34.7 Å². The van der Waals surface area contributed by atoms with Crippen molar-refractivity contribution in [2.24, 2.45) is 0 Å². The Morgan fingerprint density at radius 3 is 2.59 bits per heavy atom. The molecule has 29 heavy (non-hydrogen) atoms. The first-order valence-corrected chi connectivity index (χ1v) is 9.92. The molecule has 0 aliphatic carbocycles. The minimum atomic E-state index is -0.0951. The zero-order chi connectivity index (χ0) is 20.4. The molecule has 6 heteroatoms. The summed E-state index contributed by atoms with van der Waals surface area (Å²) in [4.78, 5) is 17.4. The molecule has 2 aromatic heterocycles. The van der Waals surface area contributed by atoms with Crippen LogP contribution in [0.1, 0.15) is 34.4 Å². The van der Waals surface area contributed by atoms with Gasteiger partial charge in [-0.15, -0.1) is 0 Å². The van der Waals surface area contributed by atoms with E-state index in [-0.39, 0.29) is 5.91 Å². The molecular weight excluding hydrogens is 362 g/mol. The average Bonchev–Trinajstić information content (AvgIpc) is 3.29. The third kappa shape index (κ3) is 3.66. The lowest BCUT2D eigenvalue weighted by Crippen LogP contribution is -2.28. The number of imidazole rings is 1. The summed E-state index contributed by atoms with van der Waals surface area (Å²) >= 11 is 0. The lowest BCUT2D eigenvalue weighted by molar-refractivity contribution is 0.0951. The number of aromatic nitrogens is 4. The number of rotatable bonds is 6. The Balaban J connectivity index is 1.49. The number of nitrogens with one attached hydrogen (secondary N) is 1. The van der Waals surface area contributed by atoms with Crippen LogP contribution in [0.5, 0.6) is 0 Å². The second-order valence-electron chi connectivity index (χ2n) is 7.16. The summed E-state index contributed by atoms with van der Waals surface area (Å²) in [6, 6.07) is 16.2. The molecule has 148 valence electrons. The van der Waals surface area contributed by atoms with Crippen LogP contribution < -0.4 is 5.32 Å². The summed E-state index contributed by atoms with van der Waals surface area (Å²) in [5, 5.41) is 7.50. The summed E-state index contributed by atoms with van der Waals surface area (Å²) in [5.41, 5.74) is 5.76. The average molecular weight is 387 g/mol. The number of hydrogen-bond acceptors (Lipinski definition) is 3. The number of carbonyl (C=O) groups excluding carboxylic acids is 1. The van der Waals surface area contributed by atoms with Crippen molar-refractivity contribution in [1.29, 1.82) is 0 Å². The van der Waals surface area contributed by atoms with Gasteiger partial charge in [0.2, 0.25) is 0 Å². The van der Waals surface area contributed by atoms with Gasteiger partial charge in [0, 0.05) is 13.1 Å². The van der Waals surface area contributed by atoms with Crippen LogP contribution in [0.25, 0.3) is 16.7 Å². The van der Waals surface area contributed by atoms with Crippen LogP contribution >= 0.6 is 0 Å². The molecule has 2 aromatic carbocycles. The SMILES string of the molecule is CCc1c(C(=O)NCCn2c(C)nc3ccccc32)cnn1-c1ccc(C)cc1. The molecule has 0 spiro atoms. The van der Waals surface area contributed by atoms with Gasteiger partial charge in [0.05, 0.1) is 34.2 Å². The fourth-order valence-corrected chi connectivity index (χ4v) is 3.67. The highest BCUT2D eigenvalue weighted by atomic mass is 16.1. The number of aryl methyl sites for hydroxylation is 2. The van der Waals surface area contributed by atoms with Gasteiger partial charge in [0.1, 0.15) is 5.82 Å². The number of para-hydroxylation sites is 2. The van der Waals surface area contributed by atoms with Gasteiger partial charge >= 0.3 is 0 Å². The minimum Gasteiger partial charge on any atom is -0.350 e. The quantitative estimate of drug-likeness (QED) is 0.547. The monoisotopic (exact) mass is 387 g/mol. The molecule has 0 fully saturated rings. The highest BCUT2D eigenvalue weighted by molar-refractivity contribution is 5.95. The van der Waals surface area contributed by atoms with Crippen molar-refractivity contribution in [3.63, 3.8) is 0 Å². The summed E-state index contributed by atoms with van der Waals surface area (Å²) < 4.78 is 3.98. The van der Waals surface area contributed by atoms with E-state index in [4.69, 9.17) is 0 Å². The Hall–Kier alpha value is -3.41. The lowest BCUT2D eigenvalue weighted by Gasteiger charge is -2.10. The molecule has 0 atom stereocenters. The molecule has 6 nitrogen and oxygen atoms in total. The number of amides is 1. The van der Waals surface area contributed by atoms with Crippen molar-refractivity contribution in [3.8, 4) is 5.69 Å². The number of carbonyl (C=O) groups is 1. The topological polar surface area (TPSA) is 64.7 Å². The van der Waals surface area contributed by atoms with Gasteiger partial charge < -0.3 is 9.88 Å². The highest BCUT2D eigenvalue weighted by Gasteiger charge is 2.17. The molecule has 0 bridgehead atoms. The van der Waals surface area contributed by atoms with Crippen LogP contribution in [-0.4, -0.2) is 31.8 Å². The normalized spacial score (nSPS) is 11.1. The third-order valence-electron chi connectivity index (χ3n) is 5.19. The largest absolute Gasteiger partial charge is 0.350 e. The molecule has 2 heterocycles. The number of benzene rings is 2. The van der Waals surface area contributed by atoms with Crippen molar-refractivity contribution >= 4 is 16.9 Å². The molecule has 0 unspecified atom stereocenters. The third-order valence-corrected chi connectivity index (χ3v) is 5.19. The van der Waals surface area contributed by atoms with E-state index in [2.05, 4.69) is 33.0 Å². The fourth-order valence-electron chi connectivity index (χ4n) is 3.67. The van der Waals surface area contributed by atoms with E-state index in [1.807, 2.05) is 61.0 Å². The minimum absolute atomic E-state index is 0.0951. The molecule has 1 N–H and O–H groups in total. The van der Waals surface area contributed by atoms with Gasteiger partial charge in [-0.05, 0) is 44.5 Å². The van der Waals surface area contributed by atoms with Crippen LogP contribution in [0.3, 0.4) is 0 Å². The van der Waals surface area contributed by atoms with Crippen molar-refractivity contribution in [2.75, 3.05) is 6.54 Å². The zero-order valence-electron chi connectivity index (χ0n) is 17.0. The van der Waals surface area contributed by atoms with E-state index < -0.39 is 0 Å². The predicted molar refractivity (Wildman–Crippen MR) is 114 cm³/mol. The van der Waals surface area contributed by atoms with Crippen LogP contribution in [0.2, 0.25) is 0 Å². The first-order valence-electron chi connectivity index (χ1n) is 9.92. The number of fused-ring (bicyclic) bond motifs is 1. The van der Waals surface area contributed by atoms with E-state index >= 15 is 0 Å². The van der Waals surface area contributed by atoms with Gasteiger partial charge in [-0.1, -0.05) is 36.8 Å². The van der Waals surface area contributed by atoms with E-state index in [1.165, 1.54) is 5.56 Å². The Kier molecular flexibility index (Phi) is 5.16. The van der Waals surface area contributed by atoms with Gasteiger partial charge in [-0.2, -0.15) is 5.10 Å². The molecule has 0 saturated heterocycles. The standard InChI is InChI=1S/C23H25N5O/c1-4-21-19(15-25-28(21)18-11-9-16(2)10-12-18)23(29)24-13-14-27-17(3)26-20-7-5-6-8-22(20)27/h5-12,15H,4,13-14H2,1-3H3,(H,24,29). The number of nitrogens with zero attached hydrogens (tertiary/aromatic N) is 4. The maximum absolute atomic E-state index is 12.8. The number of hydrogen-bond donors (Lipinski definition) is 1. The first-order chi connectivity index (χ1) is 14.1. The van der Waals surface area contributed by atoms with Crippen molar-refractivity contribution < 1.29 is 4.79 Å². The Morgan fingerprint density at radius 1 is 1.07 bits per heavy atom. The maximum atomic E-state index is 12.8. The predicted octanol–water partition coefficient (Wildman–Crippen LogP) is 3.83. The smallest absolute Gasteiger partial charge is 0.254 e.